The molecule has 16 heavy (non-hydrogen) atoms. The molecule has 0 amide bonds. The first-order valence-electron chi connectivity index (χ1n) is 5.54. The molecule has 1 unspecified atom stereocenters. The van der Waals surface area contributed by atoms with Crippen LogP contribution in [0, 0.1) is 5.92 Å². The second-order valence-electron chi connectivity index (χ2n) is 4.50. The van der Waals surface area contributed by atoms with Crippen LogP contribution in [0.5, 0.6) is 0 Å². The molecule has 5 nitrogen and oxygen atoms in total. The molecule has 0 aromatic rings. The molecule has 0 radical (unpaired) electrons. The highest BCUT2D eigenvalue weighted by atomic mass is 32.2. The van der Waals surface area contributed by atoms with Crippen molar-refractivity contribution >= 4 is 15.8 Å². The maximum absolute atomic E-state index is 12.1. The summed E-state index contributed by atoms with van der Waals surface area (Å²) in [5.74, 6) is -0.722. The van der Waals surface area contributed by atoms with Gasteiger partial charge in [0.1, 0.15) is 0 Å². The molecule has 1 N–H and O–H groups in total. The Morgan fingerprint density at radius 3 is 2.56 bits per heavy atom. The highest BCUT2D eigenvalue weighted by Crippen LogP contribution is 2.44. The minimum Gasteiger partial charge on any atom is -0.469 e. The van der Waals surface area contributed by atoms with Gasteiger partial charge in [-0.2, -0.15) is 0 Å². The third-order valence-electron chi connectivity index (χ3n) is 3.87. The molecule has 2 aliphatic heterocycles. The first-order chi connectivity index (χ1) is 7.53. The number of piperidine rings is 1. The van der Waals surface area contributed by atoms with Gasteiger partial charge in [0.25, 0.3) is 0 Å². The second kappa shape index (κ2) is 4.00. The summed E-state index contributed by atoms with van der Waals surface area (Å²) in [5, 5.41) is 3.13. The SMILES string of the molecule is COC(=O)C1CCS(=O)(=O)C12CCNCC2. The number of carbonyl (C=O) groups is 1. The number of carbonyl (C=O) groups excluding carboxylic acids is 1. The minimum absolute atomic E-state index is 0.118. The standard InChI is InChI=1S/C10H17NO4S/c1-15-9(12)8-2-7-16(13,14)10(8)3-5-11-6-4-10/h8,11H,2-7H2,1H3. The Morgan fingerprint density at radius 1 is 1.38 bits per heavy atom. The fourth-order valence-corrected chi connectivity index (χ4v) is 5.37. The van der Waals surface area contributed by atoms with Crippen molar-refractivity contribution in [1.29, 1.82) is 0 Å². The van der Waals surface area contributed by atoms with Gasteiger partial charge < -0.3 is 10.1 Å². The zero-order valence-electron chi connectivity index (χ0n) is 9.36. The summed E-state index contributed by atoms with van der Waals surface area (Å²) in [6.45, 7) is 1.32. The first-order valence-corrected chi connectivity index (χ1v) is 7.19. The van der Waals surface area contributed by atoms with Crippen LogP contribution in [0.3, 0.4) is 0 Å². The second-order valence-corrected chi connectivity index (χ2v) is 6.95. The van der Waals surface area contributed by atoms with Gasteiger partial charge in [-0.25, -0.2) is 8.42 Å². The molecule has 0 saturated carbocycles. The van der Waals surface area contributed by atoms with E-state index >= 15 is 0 Å². The lowest BCUT2D eigenvalue weighted by Crippen LogP contribution is -2.51. The number of esters is 1. The van der Waals surface area contributed by atoms with Gasteiger partial charge >= 0.3 is 5.97 Å². The largest absolute Gasteiger partial charge is 0.469 e. The van der Waals surface area contributed by atoms with Crippen molar-refractivity contribution in [3.63, 3.8) is 0 Å². The van der Waals surface area contributed by atoms with Gasteiger partial charge in [-0.15, -0.1) is 0 Å². The van der Waals surface area contributed by atoms with E-state index in [9.17, 15) is 13.2 Å². The summed E-state index contributed by atoms with van der Waals surface area (Å²) >= 11 is 0. The van der Waals surface area contributed by atoms with Gasteiger partial charge in [0, 0.05) is 0 Å². The Kier molecular flexibility index (Phi) is 2.96. The lowest BCUT2D eigenvalue weighted by molar-refractivity contribution is -0.146. The van der Waals surface area contributed by atoms with Crippen LogP contribution in [0.1, 0.15) is 19.3 Å². The Labute approximate surface area is 95.5 Å². The number of ether oxygens (including phenoxy) is 1. The van der Waals surface area contributed by atoms with E-state index in [0.717, 1.165) is 0 Å². The summed E-state index contributed by atoms with van der Waals surface area (Å²) in [5.41, 5.74) is 0. The predicted molar refractivity (Wildman–Crippen MR) is 58.7 cm³/mol. The van der Waals surface area contributed by atoms with Crippen LogP contribution in [0.2, 0.25) is 0 Å². The first kappa shape index (κ1) is 11.9. The number of hydrogen-bond acceptors (Lipinski definition) is 5. The molecule has 1 atom stereocenters. The van der Waals surface area contributed by atoms with Gasteiger partial charge in [0.2, 0.25) is 0 Å². The topological polar surface area (TPSA) is 72.5 Å². The molecule has 0 bridgehead atoms. The van der Waals surface area contributed by atoms with Crippen LogP contribution in [0.4, 0.5) is 0 Å². The average molecular weight is 247 g/mol. The van der Waals surface area contributed by atoms with Crippen LogP contribution in [-0.2, 0) is 19.4 Å². The Morgan fingerprint density at radius 2 is 2.00 bits per heavy atom. The number of methoxy groups -OCH3 is 1. The number of nitrogens with one attached hydrogen (secondary N) is 1. The van der Waals surface area contributed by atoms with E-state index in [4.69, 9.17) is 4.74 Å². The summed E-state index contributed by atoms with van der Waals surface area (Å²) in [4.78, 5) is 11.7. The smallest absolute Gasteiger partial charge is 0.310 e. The van der Waals surface area contributed by atoms with Crippen LogP contribution < -0.4 is 5.32 Å². The molecule has 2 fully saturated rings. The van der Waals surface area contributed by atoms with Crippen molar-refractivity contribution in [2.75, 3.05) is 26.0 Å². The summed E-state index contributed by atoms with van der Waals surface area (Å²) in [6, 6.07) is 0. The fourth-order valence-electron chi connectivity index (χ4n) is 2.94. The molecular formula is C10H17NO4S. The van der Waals surface area contributed by atoms with E-state index in [1.54, 1.807) is 0 Å². The van der Waals surface area contributed by atoms with E-state index in [-0.39, 0.29) is 11.7 Å². The highest BCUT2D eigenvalue weighted by molar-refractivity contribution is 7.93. The van der Waals surface area contributed by atoms with Crippen molar-refractivity contribution in [2.45, 2.75) is 24.0 Å². The van der Waals surface area contributed by atoms with Gasteiger partial charge in [-0.1, -0.05) is 0 Å². The zero-order valence-corrected chi connectivity index (χ0v) is 10.2. The molecule has 0 aromatic heterocycles. The van der Waals surface area contributed by atoms with Crippen LogP contribution >= 0.6 is 0 Å². The van der Waals surface area contributed by atoms with E-state index in [1.165, 1.54) is 7.11 Å². The molecule has 2 rings (SSSR count). The fraction of sp³-hybridized carbons (Fsp3) is 0.900. The van der Waals surface area contributed by atoms with Crippen molar-refractivity contribution in [1.82, 2.24) is 5.32 Å². The van der Waals surface area contributed by atoms with Crippen LogP contribution in [0.25, 0.3) is 0 Å². The number of sulfone groups is 1. The normalized spacial score (nSPS) is 31.4. The quantitative estimate of drug-likeness (QED) is 0.645. The number of hydrogen-bond donors (Lipinski definition) is 1. The maximum Gasteiger partial charge on any atom is 0.310 e. The molecule has 2 saturated heterocycles. The van der Waals surface area contributed by atoms with Gasteiger partial charge in [0.05, 0.1) is 23.5 Å². The zero-order chi connectivity index (χ0) is 11.8. The maximum atomic E-state index is 12.1. The van der Waals surface area contributed by atoms with Gasteiger partial charge in [0.15, 0.2) is 9.84 Å². The molecule has 6 heteroatoms. The highest BCUT2D eigenvalue weighted by Gasteiger charge is 2.57. The molecule has 2 heterocycles. The molecule has 0 aliphatic carbocycles. The van der Waals surface area contributed by atoms with Gasteiger partial charge in [-0.05, 0) is 32.4 Å². The van der Waals surface area contributed by atoms with E-state index < -0.39 is 20.5 Å². The lowest BCUT2D eigenvalue weighted by Gasteiger charge is -2.36. The van der Waals surface area contributed by atoms with Crippen LogP contribution in [0.15, 0.2) is 0 Å². The Bertz CT molecular complexity index is 384. The summed E-state index contributed by atoms with van der Waals surface area (Å²) in [6.07, 6.45) is 1.46. The lowest BCUT2D eigenvalue weighted by atomic mass is 9.82. The molecular weight excluding hydrogens is 230 g/mol. The Hall–Kier alpha value is -0.620. The van der Waals surface area contributed by atoms with Crippen molar-refractivity contribution in [2.24, 2.45) is 5.92 Å². The van der Waals surface area contributed by atoms with Crippen molar-refractivity contribution in [3.05, 3.63) is 0 Å². The summed E-state index contributed by atoms with van der Waals surface area (Å²) < 4.78 is 28.1. The predicted octanol–water partition coefficient (Wildman–Crippen LogP) is -0.284. The van der Waals surface area contributed by atoms with E-state index in [1.807, 2.05) is 0 Å². The molecule has 2 aliphatic rings. The Balaban J connectivity index is 2.37. The van der Waals surface area contributed by atoms with E-state index in [0.29, 0.717) is 32.4 Å². The molecule has 92 valence electrons. The monoisotopic (exact) mass is 247 g/mol. The number of rotatable bonds is 1. The third kappa shape index (κ3) is 1.55. The van der Waals surface area contributed by atoms with Crippen molar-refractivity contribution < 1.29 is 17.9 Å². The molecule has 1 spiro atoms. The average Bonchev–Trinajstić information content (AvgIpc) is 2.52. The van der Waals surface area contributed by atoms with Crippen molar-refractivity contribution in [3.8, 4) is 0 Å². The third-order valence-corrected chi connectivity index (χ3v) is 6.57. The summed E-state index contributed by atoms with van der Waals surface area (Å²) in [7, 11) is -1.83. The van der Waals surface area contributed by atoms with Crippen LogP contribution in [-0.4, -0.2) is 45.1 Å². The van der Waals surface area contributed by atoms with E-state index in [2.05, 4.69) is 5.32 Å². The minimum atomic E-state index is -3.15. The molecule has 0 aromatic carbocycles. The van der Waals surface area contributed by atoms with Gasteiger partial charge in [-0.3, -0.25) is 4.79 Å².